The molecule has 10 heteroatoms. The number of likely N-dealkylation sites (N-methyl/N-ethyl adjacent to an activating group) is 1. The topological polar surface area (TPSA) is 108 Å². The number of ether oxygens (including phenoxy) is 2. The summed E-state index contributed by atoms with van der Waals surface area (Å²) in [7, 11) is 1.49. The Morgan fingerprint density at radius 2 is 0.722 bits per heavy atom. The molecule has 9 nitrogen and oxygen atoms in total. The van der Waals surface area contributed by atoms with Crippen LogP contribution in [0.15, 0.2) is 48.6 Å². The fourth-order valence-corrected chi connectivity index (χ4v) is 10.7. The molecular formula is C69H131NO8P+. The number of esters is 2. The van der Waals surface area contributed by atoms with Crippen LogP contribution < -0.4 is 0 Å². The van der Waals surface area contributed by atoms with Crippen molar-refractivity contribution in [1.82, 2.24) is 0 Å². The Kier molecular flexibility index (Phi) is 59.0. The largest absolute Gasteiger partial charge is 0.472 e. The number of carbonyl (C=O) groups is 2. The van der Waals surface area contributed by atoms with Gasteiger partial charge in [0.05, 0.1) is 27.7 Å². The molecule has 0 aromatic carbocycles. The average molecular weight is 1130 g/mol. The molecule has 0 heterocycles. The van der Waals surface area contributed by atoms with E-state index in [9.17, 15) is 19.0 Å². The third-order valence-electron chi connectivity index (χ3n) is 15.1. The van der Waals surface area contributed by atoms with Crippen LogP contribution in [0.1, 0.15) is 328 Å². The van der Waals surface area contributed by atoms with E-state index in [0.29, 0.717) is 23.9 Å². The molecular weight excluding hydrogens is 1000 g/mol. The van der Waals surface area contributed by atoms with Gasteiger partial charge < -0.3 is 18.9 Å². The Morgan fingerprint density at radius 3 is 1.08 bits per heavy atom. The standard InChI is InChI=1S/C69H130NO8P/c1-6-8-10-12-14-16-18-20-22-24-26-28-30-32-34-36-37-39-41-43-45-47-49-51-53-55-57-59-61-68(71)75-65-67(66-77-79(73,74)76-64-63-70(3,4)5)78-69(72)62-60-58-56-54-52-50-48-46-44-42-40-38-35-33-31-29-27-25-23-21-19-17-15-13-11-9-7-2/h9,11,15,17,21,23,27,29,67H,6-8,10,12-14,16,18-20,22,24-26,28,30-66H2,1-5H3/p+1/b11-9-,17-15-,23-21-,29-27-. The summed E-state index contributed by atoms with van der Waals surface area (Å²) < 4.78 is 34.7. The number of unbranched alkanes of at least 4 members (excludes halogenated alkanes) is 41. The highest BCUT2D eigenvalue weighted by Gasteiger charge is 2.27. The molecule has 464 valence electrons. The number of phosphoric ester groups is 1. The second-order valence-electron chi connectivity index (χ2n) is 24.2. The SMILES string of the molecule is CC/C=C\C/C=C\C/C=C\C/C=C\CCCCCCCCCCCCCCCCC(=O)OC(COC(=O)CCCCCCCCCCCCCCCCCCCCCCCCCCCCCC)COP(=O)(O)OCC[N+](C)(C)C. The average Bonchev–Trinajstić information content (AvgIpc) is 3.41. The number of rotatable bonds is 63. The predicted octanol–water partition coefficient (Wildman–Crippen LogP) is 21.7. The fourth-order valence-electron chi connectivity index (χ4n) is 9.95. The van der Waals surface area contributed by atoms with Crippen molar-refractivity contribution in [2.75, 3.05) is 47.5 Å². The highest BCUT2D eigenvalue weighted by molar-refractivity contribution is 7.47. The molecule has 0 spiro atoms. The normalized spacial score (nSPS) is 13.4. The Labute approximate surface area is 490 Å². The number of hydrogen-bond donors (Lipinski definition) is 1. The first kappa shape index (κ1) is 77.0. The Balaban J connectivity index is 4.03. The summed E-state index contributed by atoms with van der Waals surface area (Å²) in [5, 5.41) is 0. The van der Waals surface area contributed by atoms with E-state index in [1.807, 2.05) is 21.1 Å². The van der Waals surface area contributed by atoms with E-state index in [0.717, 1.165) is 57.8 Å². The number of phosphoric acid groups is 1. The van der Waals surface area contributed by atoms with Crippen molar-refractivity contribution in [3.05, 3.63) is 48.6 Å². The first-order valence-corrected chi connectivity index (χ1v) is 35.4. The minimum absolute atomic E-state index is 0.0331. The van der Waals surface area contributed by atoms with Crippen molar-refractivity contribution >= 4 is 19.8 Å². The van der Waals surface area contributed by atoms with Crippen LogP contribution in [0.5, 0.6) is 0 Å². The third-order valence-corrected chi connectivity index (χ3v) is 16.1. The zero-order chi connectivity index (χ0) is 57.7. The molecule has 0 saturated carbocycles. The van der Waals surface area contributed by atoms with Crippen LogP contribution in [0.2, 0.25) is 0 Å². The van der Waals surface area contributed by atoms with Crippen molar-refractivity contribution in [2.24, 2.45) is 0 Å². The molecule has 0 bridgehead atoms. The summed E-state index contributed by atoms with van der Waals surface area (Å²) in [5.41, 5.74) is 0. The third kappa shape index (κ3) is 65.0. The number of quaternary nitrogens is 1. The molecule has 0 aromatic rings. The molecule has 0 saturated heterocycles. The molecule has 79 heavy (non-hydrogen) atoms. The summed E-state index contributed by atoms with van der Waals surface area (Å²) in [6, 6.07) is 0. The van der Waals surface area contributed by atoms with Gasteiger partial charge in [0.25, 0.3) is 0 Å². The summed E-state index contributed by atoms with van der Waals surface area (Å²) in [6.45, 7) is 4.38. The Morgan fingerprint density at radius 1 is 0.405 bits per heavy atom. The van der Waals surface area contributed by atoms with E-state index in [1.54, 1.807) is 0 Å². The van der Waals surface area contributed by atoms with E-state index in [1.165, 1.54) is 238 Å². The van der Waals surface area contributed by atoms with E-state index < -0.39 is 26.5 Å². The van der Waals surface area contributed by atoms with E-state index in [2.05, 4.69) is 62.5 Å². The van der Waals surface area contributed by atoms with Gasteiger partial charge in [0.15, 0.2) is 6.10 Å². The first-order valence-electron chi connectivity index (χ1n) is 33.9. The molecule has 0 aliphatic carbocycles. The van der Waals surface area contributed by atoms with E-state index >= 15 is 0 Å². The quantitative estimate of drug-likeness (QED) is 0.0211. The van der Waals surface area contributed by atoms with Crippen LogP contribution >= 0.6 is 7.82 Å². The zero-order valence-electron chi connectivity index (χ0n) is 52.9. The van der Waals surface area contributed by atoms with Gasteiger partial charge in [0, 0.05) is 12.8 Å². The van der Waals surface area contributed by atoms with Gasteiger partial charge in [-0.1, -0.05) is 313 Å². The first-order chi connectivity index (χ1) is 38.5. The van der Waals surface area contributed by atoms with E-state index in [-0.39, 0.29) is 25.6 Å². The Bertz CT molecular complexity index is 1470. The van der Waals surface area contributed by atoms with Gasteiger partial charge in [-0.05, 0) is 51.4 Å². The van der Waals surface area contributed by atoms with Crippen molar-refractivity contribution in [2.45, 2.75) is 335 Å². The van der Waals surface area contributed by atoms with Crippen LogP contribution in [-0.4, -0.2) is 74.9 Å². The van der Waals surface area contributed by atoms with Gasteiger partial charge >= 0.3 is 19.8 Å². The molecule has 0 fully saturated rings. The van der Waals surface area contributed by atoms with Crippen LogP contribution in [0.3, 0.4) is 0 Å². The molecule has 2 atom stereocenters. The molecule has 1 N–H and O–H groups in total. The summed E-state index contributed by atoms with van der Waals surface area (Å²) in [4.78, 5) is 35.8. The lowest BCUT2D eigenvalue weighted by Gasteiger charge is -2.24. The molecule has 0 aliphatic heterocycles. The lowest BCUT2D eigenvalue weighted by atomic mass is 10.0. The molecule has 0 radical (unpaired) electrons. The highest BCUT2D eigenvalue weighted by Crippen LogP contribution is 2.43. The van der Waals surface area contributed by atoms with E-state index in [4.69, 9.17) is 18.5 Å². The van der Waals surface area contributed by atoms with Crippen LogP contribution in [0.4, 0.5) is 0 Å². The van der Waals surface area contributed by atoms with Gasteiger partial charge in [0.2, 0.25) is 0 Å². The lowest BCUT2D eigenvalue weighted by Crippen LogP contribution is -2.37. The smallest absolute Gasteiger partial charge is 0.462 e. The van der Waals surface area contributed by atoms with Gasteiger partial charge in [0.1, 0.15) is 19.8 Å². The monoisotopic (exact) mass is 1130 g/mol. The molecule has 0 amide bonds. The predicted molar refractivity (Wildman–Crippen MR) is 340 cm³/mol. The highest BCUT2D eigenvalue weighted by atomic mass is 31.2. The van der Waals surface area contributed by atoms with Gasteiger partial charge in [-0.3, -0.25) is 18.6 Å². The van der Waals surface area contributed by atoms with Crippen molar-refractivity contribution < 1.29 is 42.1 Å². The fraction of sp³-hybridized carbons (Fsp3) is 0.855. The summed E-state index contributed by atoms with van der Waals surface area (Å²) in [6.07, 6.45) is 77.8. The number of hydrogen-bond acceptors (Lipinski definition) is 7. The maximum Gasteiger partial charge on any atom is 0.472 e. The minimum Gasteiger partial charge on any atom is -0.462 e. The maximum absolute atomic E-state index is 12.9. The van der Waals surface area contributed by atoms with Gasteiger partial charge in [-0.25, -0.2) is 4.57 Å². The lowest BCUT2D eigenvalue weighted by molar-refractivity contribution is -0.870. The van der Waals surface area contributed by atoms with Gasteiger partial charge in [-0.15, -0.1) is 0 Å². The number of carbonyl (C=O) groups excluding carboxylic acids is 2. The number of allylic oxidation sites excluding steroid dienone is 8. The van der Waals surface area contributed by atoms with Crippen molar-refractivity contribution in [3.8, 4) is 0 Å². The summed E-state index contributed by atoms with van der Waals surface area (Å²) in [5.74, 6) is -0.781. The zero-order valence-corrected chi connectivity index (χ0v) is 53.8. The second-order valence-corrected chi connectivity index (χ2v) is 25.6. The van der Waals surface area contributed by atoms with Crippen molar-refractivity contribution in [3.63, 3.8) is 0 Å². The van der Waals surface area contributed by atoms with Crippen LogP contribution in [0.25, 0.3) is 0 Å². The Hall–Kier alpha value is -2.03. The number of nitrogens with zero attached hydrogens (tertiary/aromatic N) is 1. The molecule has 0 aromatic heterocycles. The minimum atomic E-state index is -4.39. The maximum atomic E-state index is 12.9. The second kappa shape index (κ2) is 60.6. The molecule has 2 unspecified atom stereocenters. The van der Waals surface area contributed by atoms with Crippen LogP contribution in [-0.2, 0) is 32.7 Å². The molecule has 0 aliphatic rings. The van der Waals surface area contributed by atoms with Gasteiger partial charge in [-0.2, -0.15) is 0 Å². The molecule has 0 rings (SSSR count). The van der Waals surface area contributed by atoms with Crippen LogP contribution in [0, 0.1) is 0 Å². The summed E-state index contributed by atoms with van der Waals surface area (Å²) >= 11 is 0. The van der Waals surface area contributed by atoms with Crippen molar-refractivity contribution in [1.29, 1.82) is 0 Å².